The van der Waals surface area contributed by atoms with Gasteiger partial charge in [-0.25, -0.2) is 4.98 Å². The predicted octanol–water partition coefficient (Wildman–Crippen LogP) is 3.37. The summed E-state index contributed by atoms with van der Waals surface area (Å²) in [5, 5.41) is 3.35. The second kappa shape index (κ2) is 8.51. The molecular formula is C20H25N3O2. The summed E-state index contributed by atoms with van der Waals surface area (Å²) in [5.74, 6) is 0.916. The largest absolute Gasteiger partial charge is 0.497 e. The molecule has 2 aromatic rings. The van der Waals surface area contributed by atoms with Crippen molar-refractivity contribution in [2.24, 2.45) is 0 Å². The summed E-state index contributed by atoms with van der Waals surface area (Å²) in [6, 6.07) is 11.8. The molecule has 0 atom stereocenters. The highest BCUT2D eigenvalue weighted by Gasteiger charge is 2.18. The van der Waals surface area contributed by atoms with Crippen LogP contribution in [0.25, 0.3) is 0 Å². The van der Waals surface area contributed by atoms with E-state index in [2.05, 4.69) is 22.4 Å². The Balaban J connectivity index is 1.49. The Kier molecular flexibility index (Phi) is 5.88. The van der Waals surface area contributed by atoms with Gasteiger partial charge in [0.1, 0.15) is 11.4 Å². The fraction of sp³-hybridized carbons (Fsp3) is 0.400. The Morgan fingerprint density at radius 1 is 1.12 bits per heavy atom. The average Bonchev–Trinajstić information content (AvgIpc) is 2.69. The van der Waals surface area contributed by atoms with Gasteiger partial charge < -0.3 is 15.0 Å². The van der Waals surface area contributed by atoms with Crippen LogP contribution >= 0.6 is 0 Å². The van der Waals surface area contributed by atoms with Crippen molar-refractivity contribution in [2.75, 3.05) is 32.1 Å². The van der Waals surface area contributed by atoms with Crippen molar-refractivity contribution >= 4 is 11.6 Å². The number of likely N-dealkylation sites (tertiary alicyclic amines) is 1. The summed E-state index contributed by atoms with van der Waals surface area (Å²) < 4.78 is 5.16. The maximum atomic E-state index is 12.4. The van der Waals surface area contributed by atoms with E-state index in [0.717, 1.165) is 50.3 Å². The molecular weight excluding hydrogens is 314 g/mol. The van der Waals surface area contributed by atoms with E-state index in [1.165, 1.54) is 12.0 Å². The third-order valence-electron chi connectivity index (χ3n) is 4.53. The molecule has 1 aliphatic rings. The van der Waals surface area contributed by atoms with Crippen molar-refractivity contribution < 1.29 is 9.53 Å². The third-order valence-corrected chi connectivity index (χ3v) is 4.53. The van der Waals surface area contributed by atoms with Crippen LogP contribution in [0, 0.1) is 0 Å². The standard InChI is InChI=1S/C20H25N3O2/c1-25-18-8-5-16(6-9-18)11-12-21-17-7-10-19(22-15-17)20(24)23-13-3-2-4-14-23/h5-10,15,21H,2-4,11-14H2,1H3. The van der Waals surface area contributed by atoms with Crippen molar-refractivity contribution in [1.29, 1.82) is 0 Å². The van der Waals surface area contributed by atoms with Crippen molar-refractivity contribution in [1.82, 2.24) is 9.88 Å². The van der Waals surface area contributed by atoms with Crippen LogP contribution in [0.15, 0.2) is 42.6 Å². The molecule has 1 aromatic carbocycles. The number of anilines is 1. The van der Waals surface area contributed by atoms with E-state index in [1.807, 2.05) is 29.2 Å². The molecule has 1 aliphatic heterocycles. The summed E-state index contributed by atoms with van der Waals surface area (Å²) in [6.07, 6.45) is 6.06. The number of ether oxygens (including phenoxy) is 1. The van der Waals surface area contributed by atoms with E-state index in [-0.39, 0.29) is 5.91 Å². The molecule has 0 unspecified atom stereocenters. The van der Waals surface area contributed by atoms with Crippen LogP contribution < -0.4 is 10.1 Å². The van der Waals surface area contributed by atoms with E-state index in [9.17, 15) is 4.79 Å². The number of piperidine rings is 1. The van der Waals surface area contributed by atoms with Gasteiger partial charge in [-0.2, -0.15) is 0 Å². The molecule has 0 saturated carbocycles. The van der Waals surface area contributed by atoms with Crippen LogP contribution in [0.1, 0.15) is 35.3 Å². The lowest BCUT2D eigenvalue weighted by atomic mass is 10.1. The summed E-state index contributed by atoms with van der Waals surface area (Å²) in [7, 11) is 1.67. The minimum Gasteiger partial charge on any atom is -0.497 e. The van der Waals surface area contributed by atoms with Crippen LogP contribution in [-0.2, 0) is 6.42 Å². The maximum Gasteiger partial charge on any atom is 0.272 e. The van der Waals surface area contributed by atoms with E-state index < -0.39 is 0 Å². The number of pyridine rings is 1. The van der Waals surface area contributed by atoms with Gasteiger partial charge >= 0.3 is 0 Å². The molecule has 25 heavy (non-hydrogen) atoms. The van der Waals surface area contributed by atoms with Gasteiger partial charge in [0.15, 0.2) is 0 Å². The number of carbonyl (C=O) groups excluding carboxylic acids is 1. The van der Waals surface area contributed by atoms with E-state index >= 15 is 0 Å². The number of rotatable bonds is 6. The SMILES string of the molecule is COc1ccc(CCNc2ccc(C(=O)N3CCCCC3)nc2)cc1. The lowest BCUT2D eigenvalue weighted by Gasteiger charge is -2.26. The number of methoxy groups -OCH3 is 1. The summed E-state index contributed by atoms with van der Waals surface area (Å²) in [5.41, 5.74) is 2.71. The van der Waals surface area contributed by atoms with E-state index in [0.29, 0.717) is 5.69 Å². The number of nitrogens with one attached hydrogen (secondary N) is 1. The Hall–Kier alpha value is -2.56. The molecule has 3 rings (SSSR count). The van der Waals surface area contributed by atoms with Crippen molar-refractivity contribution in [2.45, 2.75) is 25.7 Å². The maximum absolute atomic E-state index is 12.4. The number of amides is 1. The van der Waals surface area contributed by atoms with Gasteiger partial charge in [0.05, 0.1) is 19.0 Å². The first kappa shape index (κ1) is 17.3. The lowest BCUT2D eigenvalue weighted by molar-refractivity contribution is 0.0718. The molecule has 2 heterocycles. The van der Waals surface area contributed by atoms with Crippen LogP contribution in [-0.4, -0.2) is 42.5 Å². The molecule has 1 fully saturated rings. The Morgan fingerprint density at radius 2 is 1.88 bits per heavy atom. The first-order chi connectivity index (χ1) is 12.3. The minimum absolute atomic E-state index is 0.0458. The first-order valence-corrected chi connectivity index (χ1v) is 8.88. The van der Waals surface area contributed by atoms with Gasteiger partial charge in [-0.15, -0.1) is 0 Å². The third kappa shape index (κ3) is 4.72. The zero-order valence-corrected chi connectivity index (χ0v) is 14.7. The molecule has 132 valence electrons. The number of carbonyl (C=O) groups is 1. The topological polar surface area (TPSA) is 54.5 Å². The molecule has 5 nitrogen and oxygen atoms in total. The lowest BCUT2D eigenvalue weighted by Crippen LogP contribution is -2.36. The highest BCUT2D eigenvalue weighted by atomic mass is 16.5. The second-order valence-corrected chi connectivity index (χ2v) is 6.31. The normalized spacial score (nSPS) is 14.2. The Morgan fingerprint density at radius 3 is 2.52 bits per heavy atom. The van der Waals surface area contributed by atoms with Crippen LogP contribution in [0.2, 0.25) is 0 Å². The molecule has 0 spiro atoms. The van der Waals surface area contributed by atoms with E-state index in [4.69, 9.17) is 4.74 Å². The van der Waals surface area contributed by atoms with Crippen LogP contribution in [0.5, 0.6) is 5.75 Å². The zero-order chi connectivity index (χ0) is 17.5. The summed E-state index contributed by atoms with van der Waals surface area (Å²) >= 11 is 0. The second-order valence-electron chi connectivity index (χ2n) is 6.31. The van der Waals surface area contributed by atoms with Gasteiger partial charge in [-0.1, -0.05) is 12.1 Å². The van der Waals surface area contributed by atoms with Gasteiger partial charge in [-0.3, -0.25) is 4.79 Å². The van der Waals surface area contributed by atoms with Gasteiger partial charge in [0.25, 0.3) is 5.91 Å². The van der Waals surface area contributed by atoms with Crippen molar-refractivity contribution in [3.63, 3.8) is 0 Å². The van der Waals surface area contributed by atoms with Crippen LogP contribution in [0.3, 0.4) is 0 Å². The molecule has 1 saturated heterocycles. The average molecular weight is 339 g/mol. The minimum atomic E-state index is 0.0458. The number of benzene rings is 1. The summed E-state index contributed by atoms with van der Waals surface area (Å²) in [4.78, 5) is 18.6. The van der Waals surface area contributed by atoms with Crippen molar-refractivity contribution in [3.05, 3.63) is 53.9 Å². The van der Waals surface area contributed by atoms with E-state index in [1.54, 1.807) is 13.3 Å². The molecule has 0 radical (unpaired) electrons. The highest BCUT2D eigenvalue weighted by Crippen LogP contribution is 2.14. The molecule has 5 heteroatoms. The molecule has 1 amide bonds. The summed E-state index contributed by atoms with van der Waals surface area (Å²) in [6.45, 7) is 2.51. The number of hydrogen-bond donors (Lipinski definition) is 1. The monoisotopic (exact) mass is 339 g/mol. The van der Waals surface area contributed by atoms with Gasteiger partial charge in [0, 0.05) is 19.6 Å². The highest BCUT2D eigenvalue weighted by molar-refractivity contribution is 5.92. The smallest absolute Gasteiger partial charge is 0.272 e. The number of nitrogens with zero attached hydrogens (tertiary/aromatic N) is 2. The van der Waals surface area contributed by atoms with Crippen molar-refractivity contribution in [3.8, 4) is 5.75 Å². The zero-order valence-electron chi connectivity index (χ0n) is 14.7. The predicted molar refractivity (Wildman–Crippen MR) is 99.2 cm³/mol. The number of hydrogen-bond acceptors (Lipinski definition) is 4. The molecule has 1 N–H and O–H groups in total. The Labute approximate surface area is 149 Å². The fourth-order valence-corrected chi connectivity index (χ4v) is 3.03. The van der Waals surface area contributed by atoms with Gasteiger partial charge in [-0.05, 0) is 55.5 Å². The molecule has 0 bridgehead atoms. The quantitative estimate of drug-likeness (QED) is 0.877. The molecule has 1 aromatic heterocycles. The fourth-order valence-electron chi connectivity index (χ4n) is 3.03. The molecule has 0 aliphatic carbocycles. The Bertz CT molecular complexity index is 677. The van der Waals surface area contributed by atoms with Gasteiger partial charge in [0.2, 0.25) is 0 Å². The van der Waals surface area contributed by atoms with Crippen LogP contribution in [0.4, 0.5) is 5.69 Å². The first-order valence-electron chi connectivity index (χ1n) is 8.88. The number of aromatic nitrogens is 1.